The van der Waals surface area contributed by atoms with Crippen LogP contribution in [-0.4, -0.2) is 104 Å². The monoisotopic (exact) mass is 620 g/mol. The predicted octanol–water partition coefficient (Wildman–Crippen LogP) is 1.08. The van der Waals surface area contributed by atoms with Gasteiger partial charge in [-0.05, 0) is 25.7 Å². The number of ether oxygens (including phenoxy) is 2. The summed E-state index contributed by atoms with van der Waals surface area (Å²) in [6.07, 6.45) is 2.45. The number of hydrogen-bond donors (Lipinski definition) is 3. The van der Waals surface area contributed by atoms with Crippen molar-refractivity contribution >= 4 is 31.8 Å². The average Bonchev–Trinajstić information content (AvgIpc) is 3.79. The summed E-state index contributed by atoms with van der Waals surface area (Å²) in [5.41, 5.74) is 3.25. The van der Waals surface area contributed by atoms with Gasteiger partial charge in [0.2, 0.25) is 0 Å². The molecule has 0 radical (unpaired) electrons. The molecule has 0 spiro atoms. The predicted molar refractivity (Wildman–Crippen MR) is 149 cm³/mol. The molecule has 0 saturated carbocycles. The molecule has 9 atom stereocenters. The van der Waals surface area contributed by atoms with Crippen molar-refractivity contribution in [3.05, 3.63) is 48.8 Å². The SMILES string of the molecule is OC[C@H]1OC(n2cnc3c(CC/C=C/CCc4ncnc5c4ncn5[C@@H]4O[C@H](CO)[C@@H](OP)[C@H]4F)ncnc32)[C@H](F)[C@@H]1O. The maximum atomic E-state index is 15.0. The quantitative estimate of drug-likeness (QED) is 0.161. The van der Waals surface area contributed by atoms with E-state index in [0.29, 0.717) is 59.4 Å². The molecular formula is C26H31F2N8O6P. The number of alkyl halides is 2. The summed E-state index contributed by atoms with van der Waals surface area (Å²) in [6.45, 7) is -0.885. The average molecular weight is 621 g/mol. The smallest absolute Gasteiger partial charge is 0.174 e. The minimum absolute atomic E-state index is 0.380. The molecule has 2 aliphatic rings. The molecule has 43 heavy (non-hydrogen) atoms. The van der Waals surface area contributed by atoms with Crippen molar-refractivity contribution in [1.29, 1.82) is 0 Å². The molecule has 230 valence electrons. The Labute approximate surface area is 246 Å². The number of allylic oxidation sites excluding steroid dienone is 2. The number of aromatic nitrogens is 8. The lowest BCUT2D eigenvalue weighted by Gasteiger charge is -2.15. The highest BCUT2D eigenvalue weighted by Gasteiger charge is 2.47. The molecule has 0 aliphatic carbocycles. The van der Waals surface area contributed by atoms with Crippen LogP contribution in [0, 0.1) is 0 Å². The van der Waals surface area contributed by atoms with Crippen LogP contribution in [0.4, 0.5) is 8.78 Å². The molecule has 4 aromatic rings. The molecule has 0 aromatic carbocycles. The van der Waals surface area contributed by atoms with E-state index in [0.717, 1.165) is 0 Å². The first-order chi connectivity index (χ1) is 21.0. The van der Waals surface area contributed by atoms with Crippen LogP contribution in [0.2, 0.25) is 0 Å². The highest BCUT2D eigenvalue weighted by atomic mass is 31.0. The Morgan fingerprint density at radius 2 is 1.30 bits per heavy atom. The molecule has 6 heterocycles. The van der Waals surface area contributed by atoms with E-state index >= 15 is 4.39 Å². The van der Waals surface area contributed by atoms with Crippen molar-refractivity contribution in [2.24, 2.45) is 0 Å². The van der Waals surface area contributed by atoms with Crippen LogP contribution in [0.5, 0.6) is 0 Å². The van der Waals surface area contributed by atoms with Gasteiger partial charge in [0.1, 0.15) is 48.1 Å². The van der Waals surface area contributed by atoms with Crippen molar-refractivity contribution in [3.63, 3.8) is 0 Å². The number of halogens is 2. The molecule has 17 heteroatoms. The fourth-order valence-corrected chi connectivity index (χ4v) is 5.85. The summed E-state index contributed by atoms with van der Waals surface area (Å²) >= 11 is 0. The van der Waals surface area contributed by atoms with Crippen molar-refractivity contribution < 1.29 is 38.1 Å². The third kappa shape index (κ3) is 5.52. The number of aryl methyl sites for hydroxylation is 2. The van der Waals surface area contributed by atoms with E-state index in [1.54, 1.807) is 0 Å². The summed E-state index contributed by atoms with van der Waals surface area (Å²) in [5.74, 6) is 0. The number of nitrogens with zero attached hydrogens (tertiary/aromatic N) is 8. The van der Waals surface area contributed by atoms with E-state index in [1.165, 1.54) is 34.4 Å². The molecule has 0 bridgehead atoms. The van der Waals surface area contributed by atoms with Gasteiger partial charge in [0, 0.05) is 9.47 Å². The first kappa shape index (κ1) is 29.9. The van der Waals surface area contributed by atoms with E-state index in [2.05, 4.69) is 29.9 Å². The summed E-state index contributed by atoms with van der Waals surface area (Å²) in [7, 11) is 2.01. The molecule has 2 fully saturated rings. The van der Waals surface area contributed by atoms with Gasteiger partial charge in [0.25, 0.3) is 0 Å². The first-order valence-corrected chi connectivity index (χ1v) is 14.3. The molecule has 3 N–H and O–H groups in total. The van der Waals surface area contributed by atoms with Crippen LogP contribution in [0.3, 0.4) is 0 Å². The lowest BCUT2D eigenvalue weighted by Crippen LogP contribution is -2.31. The second-order valence-corrected chi connectivity index (χ2v) is 10.6. The number of hydrogen-bond acceptors (Lipinski definition) is 12. The number of imidazole rings is 2. The van der Waals surface area contributed by atoms with Crippen molar-refractivity contribution in [2.45, 2.75) is 74.9 Å². The second kappa shape index (κ2) is 12.9. The molecule has 2 unspecified atom stereocenters. The van der Waals surface area contributed by atoms with E-state index in [1.807, 2.05) is 21.6 Å². The van der Waals surface area contributed by atoms with E-state index in [9.17, 15) is 19.7 Å². The fourth-order valence-electron chi connectivity index (χ4n) is 5.52. The highest BCUT2D eigenvalue weighted by molar-refractivity contribution is 7.09. The Balaban J connectivity index is 1.07. The Bertz CT molecular complexity index is 1590. The van der Waals surface area contributed by atoms with Crippen LogP contribution in [0.25, 0.3) is 22.3 Å². The maximum Gasteiger partial charge on any atom is 0.174 e. The van der Waals surface area contributed by atoms with E-state index in [-0.39, 0.29) is 6.61 Å². The van der Waals surface area contributed by atoms with Gasteiger partial charge in [-0.2, -0.15) is 0 Å². The summed E-state index contributed by atoms with van der Waals surface area (Å²) in [4.78, 5) is 26.0. The molecular weight excluding hydrogens is 589 g/mol. The van der Waals surface area contributed by atoms with Crippen LogP contribution >= 0.6 is 9.47 Å². The second-order valence-electron chi connectivity index (χ2n) is 10.3. The Hall–Kier alpha value is -3.11. The number of fused-ring (bicyclic) bond motifs is 2. The summed E-state index contributed by atoms with van der Waals surface area (Å²) < 4.78 is 48.8. The molecule has 2 aliphatic heterocycles. The minimum Gasteiger partial charge on any atom is -0.394 e. The van der Waals surface area contributed by atoms with E-state index in [4.69, 9.17) is 14.0 Å². The van der Waals surface area contributed by atoms with Gasteiger partial charge < -0.3 is 29.3 Å². The number of aliphatic hydroxyl groups is 3. The minimum atomic E-state index is -1.74. The number of aliphatic hydroxyl groups excluding tert-OH is 3. The van der Waals surface area contributed by atoms with Gasteiger partial charge in [-0.25, -0.2) is 38.7 Å². The normalized spacial score (nSPS) is 29.5. The van der Waals surface area contributed by atoms with Crippen molar-refractivity contribution in [3.8, 4) is 0 Å². The Kier molecular flexibility index (Phi) is 8.95. The van der Waals surface area contributed by atoms with Crippen LogP contribution in [0.15, 0.2) is 37.5 Å². The van der Waals surface area contributed by atoms with E-state index < -0.39 is 55.8 Å². The third-order valence-corrected chi connectivity index (χ3v) is 8.07. The van der Waals surface area contributed by atoms with Gasteiger partial charge in [0.15, 0.2) is 36.1 Å². The summed E-state index contributed by atoms with van der Waals surface area (Å²) in [6, 6.07) is 0. The van der Waals surface area contributed by atoms with Crippen LogP contribution in [0.1, 0.15) is 36.7 Å². The largest absolute Gasteiger partial charge is 0.394 e. The Morgan fingerprint density at radius 3 is 1.77 bits per heavy atom. The van der Waals surface area contributed by atoms with Crippen molar-refractivity contribution in [1.82, 2.24) is 39.0 Å². The fraction of sp³-hybridized carbons (Fsp3) is 0.538. The van der Waals surface area contributed by atoms with Gasteiger partial charge in [-0.1, -0.05) is 12.2 Å². The van der Waals surface area contributed by atoms with Gasteiger partial charge >= 0.3 is 0 Å². The molecule has 0 amide bonds. The zero-order chi connectivity index (χ0) is 30.1. The molecule has 14 nitrogen and oxygen atoms in total. The molecule has 6 rings (SSSR count). The van der Waals surface area contributed by atoms with Crippen LogP contribution < -0.4 is 0 Å². The zero-order valence-electron chi connectivity index (χ0n) is 22.8. The van der Waals surface area contributed by atoms with Gasteiger partial charge in [-0.15, -0.1) is 0 Å². The maximum absolute atomic E-state index is 15.0. The number of rotatable bonds is 11. The molecule has 2 saturated heterocycles. The molecule has 4 aromatic heterocycles. The summed E-state index contributed by atoms with van der Waals surface area (Å²) in [5, 5.41) is 28.8. The lowest BCUT2D eigenvalue weighted by molar-refractivity contribution is -0.0459. The standard InChI is InChI=1S/C26H31F2N8O6P/c27-17-21(39)15(7-37)40-25(17)35-11-33-19-13(29-9-31-23(19)35)5-3-1-2-4-6-14-20-24(32-10-30-14)36(12-34-20)26-18(28)22(42-43)16(8-38)41-26/h1-2,9-12,15-18,21-22,25-26,37-39H,3-8,43H2/b2-1+/t15-,16-,17-,18-,21-,22-,25?,26-/m1/s1. The third-order valence-electron chi connectivity index (χ3n) is 7.76. The Morgan fingerprint density at radius 1 is 0.791 bits per heavy atom. The van der Waals surface area contributed by atoms with Crippen LogP contribution in [-0.2, 0) is 26.8 Å². The first-order valence-electron chi connectivity index (χ1n) is 13.8. The lowest BCUT2D eigenvalue weighted by atomic mass is 10.1. The topological polar surface area (TPSA) is 176 Å². The van der Waals surface area contributed by atoms with Gasteiger partial charge in [-0.3, -0.25) is 9.13 Å². The highest BCUT2D eigenvalue weighted by Crippen LogP contribution is 2.36. The zero-order valence-corrected chi connectivity index (χ0v) is 24.0. The van der Waals surface area contributed by atoms with Crippen molar-refractivity contribution in [2.75, 3.05) is 13.2 Å². The van der Waals surface area contributed by atoms with Gasteiger partial charge in [0.05, 0.1) is 37.3 Å².